The van der Waals surface area contributed by atoms with Gasteiger partial charge >= 0.3 is 0 Å². The van der Waals surface area contributed by atoms with Gasteiger partial charge in [0.25, 0.3) is 0 Å². The van der Waals surface area contributed by atoms with Crippen molar-refractivity contribution in [1.82, 2.24) is 9.80 Å². The fraction of sp³-hybridized carbons (Fsp3) is 0.611. The van der Waals surface area contributed by atoms with E-state index in [9.17, 15) is 9.90 Å². The number of nitrogens with zero attached hydrogens (tertiary/aromatic N) is 2. The first-order valence-corrected chi connectivity index (χ1v) is 8.25. The van der Waals surface area contributed by atoms with Crippen LogP contribution in [0, 0.1) is 0 Å². The van der Waals surface area contributed by atoms with Crippen LogP contribution < -0.4 is 4.74 Å². The predicted molar refractivity (Wildman–Crippen MR) is 90.5 cm³/mol. The van der Waals surface area contributed by atoms with Crippen LogP contribution in [0.5, 0.6) is 5.75 Å². The Morgan fingerprint density at radius 2 is 2.09 bits per heavy atom. The van der Waals surface area contributed by atoms with E-state index in [4.69, 9.17) is 4.74 Å². The number of hydrogen-bond acceptors (Lipinski definition) is 4. The van der Waals surface area contributed by atoms with Crippen LogP contribution >= 0.6 is 0 Å². The van der Waals surface area contributed by atoms with Crippen LogP contribution in [0.3, 0.4) is 0 Å². The van der Waals surface area contributed by atoms with Crippen LogP contribution in [-0.4, -0.2) is 60.6 Å². The molecule has 2 rings (SSSR count). The Morgan fingerprint density at radius 1 is 1.43 bits per heavy atom. The van der Waals surface area contributed by atoms with Crippen molar-refractivity contribution < 1.29 is 14.6 Å². The van der Waals surface area contributed by atoms with Gasteiger partial charge < -0.3 is 14.7 Å². The first-order chi connectivity index (χ1) is 10.9. The van der Waals surface area contributed by atoms with Gasteiger partial charge in [-0.1, -0.05) is 12.1 Å². The number of amides is 1. The second kappa shape index (κ2) is 7.32. The molecule has 1 saturated heterocycles. The summed E-state index contributed by atoms with van der Waals surface area (Å²) >= 11 is 0. The summed E-state index contributed by atoms with van der Waals surface area (Å²) in [4.78, 5) is 16.0. The molecule has 1 aliphatic heterocycles. The normalized spacial score (nSPS) is 21.0. The third-order valence-electron chi connectivity index (χ3n) is 4.93. The van der Waals surface area contributed by atoms with E-state index in [1.807, 2.05) is 45.2 Å². The number of hydrogen-bond donors (Lipinski definition) is 1. The van der Waals surface area contributed by atoms with Crippen molar-refractivity contribution >= 4 is 5.91 Å². The predicted octanol–water partition coefficient (Wildman–Crippen LogP) is 1.85. The summed E-state index contributed by atoms with van der Waals surface area (Å²) in [5.41, 5.74) is -0.139. The fourth-order valence-electron chi connectivity index (χ4n) is 3.24. The third-order valence-corrected chi connectivity index (χ3v) is 4.93. The van der Waals surface area contributed by atoms with Gasteiger partial charge in [-0.3, -0.25) is 9.69 Å². The van der Waals surface area contributed by atoms with Crippen molar-refractivity contribution in [2.45, 2.75) is 38.3 Å². The molecule has 1 N–H and O–H groups in total. The first kappa shape index (κ1) is 17.8. The quantitative estimate of drug-likeness (QED) is 0.869. The van der Waals surface area contributed by atoms with Crippen LogP contribution in [0.4, 0.5) is 0 Å². The number of carbonyl (C=O) groups is 1. The molecule has 1 aromatic carbocycles. The zero-order chi connectivity index (χ0) is 17.0. The molecule has 0 saturated carbocycles. The molecule has 1 aromatic rings. The van der Waals surface area contributed by atoms with E-state index in [0.29, 0.717) is 13.1 Å². The number of methoxy groups -OCH3 is 1. The van der Waals surface area contributed by atoms with Gasteiger partial charge in [-0.2, -0.15) is 0 Å². The van der Waals surface area contributed by atoms with Crippen LogP contribution in [-0.2, 0) is 10.4 Å². The number of likely N-dealkylation sites (tertiary alicyclic amines) is 1. The van der Waals surface area contributed by atoms with E-state index in [1.54, 1.807) is 12.0 Å². The molecule has 0 aromatic heterocycles. The summed E-state index contributed by atoms with van der Waals surface area (Å²) in [6, 6.07) is 7.47. The first-order valence-electron chi connectivity index (χ1n) is 8.25. The minimum absolute atomic E-state index is 0.0508. The van der Waals surface area contributed by atoms with Gasteiger partial charge in [0.05, 0.1) is 13.7 Å². The highest BCUT2D eigenvalue weighted by Gasteiger charge is 2.41. The lowest BCUT2D eigenvalue weighted by Crippen LogP contribution is -2.49. The van der Waals surface area contributed by atoms with Crippen molar-refractivity contribution in [2.75, 3.05) is 33.8 Å². The Kier molecular flexibility index (Phi) is 5.65. The van der Waals surface area contributed by atoms with E-state index < -0.39 is 5.60 Å². The van der Waals surface area contributed by atoms with Gasteiger partial charge in [-0.15, -0.1) is 0 Å². The smallest absolute Gasteiger partial charge is 0.236 e. The lowest BCUT2D eigenvalue weighted by Gasteiger charge is -2.37. The molecule has 0 aliphatic carbocycles. The Bertz CT molecular complexity index is 528. The van der Waals surface area contributed by atoms with E-state index in [2.05, 4.69) is 4.90 Å². The molecular weight excluding hydrogens is 292 g/mol. The van der Waals surface area contributed by atoms with Crippen molar-refractivity contribution in [3.05, 3.63) is 29.8 Å². The molecule has 1 amide bonds. The highest BCUT2D eigenvalue weighted by Crippen LogP contribution is 2.35. The second-order valence-electron chi connectivity index (χ2n) is 6.41. The van der Waals surface area contributed by atoms with E-state index >= 15 is 0 Å². The molecular formula is C18H28N2O3. The molecule has 1 aliphatic rings. The lowest BCUT2D eigenvalue weighted by atomic mass is 9.86. The molecule has 5 nitrogen and oxygen atoms in total. The molecule has 2 atom stereocenters. The summed E-state index contributed by atoms with van der Waals surface area (Å²) in [6.07, 6.45) is 1.89. The standard InChI is InChI=1S/C18H28N2O3/c1-5-19(3)17(21)13-20-12-6-7-16(20)18(2,22)14-8-10-15(23-4)11-9-14/h8-11,16,22H,5-7,12-13H2,1-4H3/t16-,18+/m1/s1. The van der Waals surface area contributed by atoms with Gasteiger partial charge in [-0.05, 0) is 50.9 Å². The third kappa shape index (κ3) is 3.85. The number of benzene rings is 1. The van der Waals surface area contributed by atoms with E-state index in [0.717, 1.165) is 30.7 Å². The van der Waals surface area contributed by atoms with Crippen LogP contribution in [0.1, 0.15) is 32.3 Å². The summed E-state index contributed by atoms with van der Waals surface area (Å²) in [5, 5.41) is 11.1. The number of rotatable bonds is 6. The maximum Gasteiger partial charge on any atom is 0.236 e. The highest BCUT2D eigenvalue weighted by atomic mass is 16.5. The number of likely N-dealkylation sites (N-methyl/N-ethyl adjacent to an activating group) is 1. The van der Waals surface area contributed by atoms with Gasteiger partial charge in [0.1, 0.15) is 11.4 Å². The zero-order valence-corrected chi connectivity index (χ0v) is 14.6. The van der Waals surface area contributed by atoms with E-state index in [-0.39, 0.29) is 11.9 Å². The molecule has 128 valence electrons. The number of carbonyl (C=O) groups excluding carboxylic acids is 1. The summed E-state index contributed by atoms with van der Waals surface area (Å²) in [7, 11) is 3.44. The molecule has 5 heteroatoms. The monoisotopic (exact) mass is 320 g/mol. The minimum Gasteiger partial charge on any atom is -0.497 e. The topological polar surface area (TPSA) is 53.0 Å². The molecule has 0 bridgehead atoms. The summed E-state index contributed by atoms with van der Waals surface area (Å²) in [5.74, 6) is 0.873. The average molecular weight is 320 g/mol. The fourth-order valence-corrected chi connectivity index (χ4v) is 3.24. The Labute approximate surface area is 138 Å². The minimum atomic E-state index is -0.992. The molecule has 0 spiro atoms. The van der Waals surface area contributed by atoms with Crippen LogP contribution in [0.25, 0.3) is 0 Å². The molecule has 0 radical (unpaired) electrons. The van der Waals surface area contributed by atoms with E-state index in [1.165, 1.54) is 0 Å². The Hall–Kier alpha value is -1.59. The SMILES string of the molecule is CCN(C)C(=O)CN1CCC[C@@H]1[C@@](C)(O)c1ccc(OC)cc1. The van der Waals surface area contributed by atoms with Gasteiger partial charge in [0, 0.05) is 19.6 Å². The second-order valence-corrected chi connectivity index (χ2v) is 6.41. The van der Waals surface area contributed by atoms with Gasteiger partial charge in [0.2, 0.25) is 5.91 Å². The number of aliphatic hydroxyl groups is 1. The summed E-state index contributed by atoms with van der Waals surface area (Å²) in [6.45, 7) is 5.71. The van der Waals surface area contributed by atoms with Crippen LogP contribution in [0.2, 0.25) is 0 Å². The van der Waals surface area contributed by atoms with Gasteiger partial charge in [-0.25, -0.2) is 0 Å². The number of ether oxygens (including phenoxy) is 1. The maximum atomic E-state index is 12.2. The Morgan fingerprint density at radius 3 is 2.65 bits per heavy atom. The van der Waals surface area contributed by atoms with Gasteiger partial charge in [0.15, 0.2) is 0 Å². The molecule has 23 heavy (non-hydrogen) atoms. The highest BCUT2D eigenvalue weighted by molar-refractivity contribution is 5.78. The van der Waals surface area contributed by atoms with Crippen molar-refractivity contribution in [3.63, 3.8) is 0 Å². The summed E-state index contributed by atoms with van der Waals surface area (Å²) < 4.78 is 5.18. The lowest BCUT2D eigenvalue weighted by molar-refractivity contribution is -0.132. The average Bonchev–Trinajstić information content (AvgIpc) is 3.03. The molecule has 0 unspecified atom stereocenters. The maximum absolute atomic E-state index is 12.2. The zero-order valence-electron chi connectivity index (χ0n) is 14.6. The van der Waals surface area contributed by atoms with Crippen LogP contribution in [0.15, 0.2) is 24.3 Å². The molecule has 1 heterocycles. The van der Waals surface area contributed by atoms with Crippen molar-refractivity contribution in [3.8, 4) is 5.75 Å². The van der Waals surface area contributed by atoms with Crippen molar-refractivity contribution in [2.24, 2.45) is 0 Å². The Balaban J connectivity index is 2.14. The molecule has 1 fully saturated rings. The van der Waals surface area contributed by atoms with Crippen molar-refractivity contribution in [1.29, 1.82) is 0 Å². The largest absolute Gasteiger partial charge is 0.497 e.